The number of nitrogens with one attached hydrogen (secondary N) is 1. The first-order valence-electron chi connectivity index (χ1n) is 8.51. The quantitative estimate of drug-likeness (QED) is 0.656. The van der Waals surface area contributed by atoms with E-state index in [0.29, 0.717) is 0 Å². The molecule has 124 valence electrons. The van der Waals surface area contributed by atoms with E-state index in [0.717, 1.165) is 5.67 Å². The predicted molar refractivity (Wildman–Crippen MR) is 112 cm³/mol. The van der Waals surface area contributed by atoms with Crippen molar-refractivity contribution in [2.45, 2.75) is 63.6 Å². The summed E-state index contributed by atoms with van der Waals surface area (Å²) in [7, 11) is -3.11. The fraction of sp³-hybridized carbons (Fsp3) is 0.556. The minimum absolute atomic E-state index is 0.667. The van der Waals surface area contributed by atoms with Gasteiger partial charge < -0.3 is 4.98 Å². The van der Waals surface area contributed by atoms with Crippen LogP contribution in [0.25, 0.3) is 6.08 Å². The molecular weight excluding hydrogens is 314 g/mol. The van der Waals surface area contributed by atoms with Gasteiger partial charge in [0.25, 0.3) is 0 Å². The summed E-state index contributed by atoms with van der Waals surface area (Å²) in [5, 5.41) is 0. The number of hydrogen-bond acceptors (Lipinski definition) is 1. The standard InChI is InChI=1S/C18H35NSi3/c1-9-16-11-10-12-17(13-16)14-22(7,8)15-18(20(2)3)19-21(4,5)6/h9-13,18-20H,1,14-15H2,2-8H3. The Morgan fingerprint density at radius 1 is 1.18 bits per heavy atom. The average Bonchev–Trinajstić information content (AvgIpc) is 2.35. The van der Waals surface area contributed by atoms with Crippen LogP contribution in [0.4, 0.5) is 0 Å². The highest BCUT2D eigenvalue weighted by atomic mass is 28.3. The Kier molecular flexibility index (Phi) is 7.05. The van der Waals surface area contributed by atoms with Gasteiger partial charge in [0.05, 0.1) is 8.07 Å². The summed E-state index contributed by atoms with van der Waals surface area (Å²) in [6.07, 6.45) is 1.95. The Labute approximate surface area is 141 Å². The molecule has 0 spiro atoms. The molecule has 4 heteroatoms. The molecule has 0 aromatic heterocycles. The third kappa shape index (κ3) is 7.22. The Hall–Kier alpha value is -0.429. The first-order chi connectivity index (χ1) is 10.0. The third-order valence-corrected chi connectivity index (χ3v) is 11.0. The molecule has 0 heterocycles. The molecular formula is C18H35NSi3. The van der Waals surface area contributed by atoms with Gasteiger partial charge in [0, 0.05) is 8.80 Å². The van der Waals surface area contributed by atoms with Crippen LogP contribution in [0.1, 0.15) is 11.1 Å². The maximum Gasteiger partial charge on any atom is 0.116 e. The SMILES string of the molecule is C=Cc1cccc(C[Si](C)(C)CC(N[Si](C)(C)C)[SiH](C)C)c1. The van der Waals surface area contributed by atoms with Gasteiger partial charge in [0.1, 0.15) is 8.24 Å². The number of rotatable bonds is 8. The molecule has 1 N–H and O–H groups in total. The molecule has 0 aliphatic carbocycles. The van der Waals surface area contributed by atoms with Crippen LogP contribution in [0.5, 0.6) is 0 Å². The van der Waals surface area contributed by atoms with E-state index in [1.165, 1.54) is 23.2 Å². The van der Waals surface area contributed by atoms with E-state index in [1.54, 1.807) is 0 Å². The summed E-state index contributed by atoms with van der Waals surface area (Å²) < 4.78 is 0. The summed E-state index contributed by atoms with van der Waals surface area (Å²) in [6.45, 7) is 21.3. The second kappa shape index (κ2) is 7.90. The number of hydrogen-bond donors (Lipinski definition) is 1. The van der Waals surface area contributed by atoms with Gasteiger partial charge in [-0.15, -0.1) is 0 Å². The van der Waals surface area contributed by atoms with E-state index in [1.807, 2.05) is 6.08 Å². The van der Waals surface area contributed by atoms with E-state index in [-0.39, 0.29) is 0 Å². The zero-order chi connectivity index (χ0) is 17.0. The van der Waals surface area contributed by atoms with Crippen LogP contribution in [-0.2, 0) is 6.04 Å². The second-order valence-electron chi connectivity index (χ2n) is 8.74. The molecule has 0 fully saturated rings. The Morgan fingerprint density at radius 2 is 1.82 bits per heavy atom. The van der Waals surface area contributed by atoms with E-state index in [4.69, 9.17) is 0 Å². The van der Waals surface area contributed by atoms with Crippen molar-refractivity contribution in [3.05, 3.63) is 42.0 Å². The van der Waals surface area contributed by atoms with Gasteiger partial charge in [-0.2, -0.15) is 0 Å². The lowest BCUT2D eigenvalue weighted by atomic mass is 10.1. The molecule has 22 heavy (non-hydrogen) atoms. The van der Waals surface area contributed by atoms with Crippen LogP contribution < -0.4 is 4.98 Å². The van der Waals surface area contributed by atoms with Crippen molar-refractivity contribution in [1.29, 1.82) is 0 Å². The third-order valence-electron chi connectivity index (χ3n) is 4.07. The fourth-order valence-corrected chi connectivity index (χ4v) is 13.9. The average molecular weight is 350 g/mol. The van der Waals surface area contributed by atoms with Crippen LogP contribution in [0, 0.1) is 0 Å². The lowest BCUT2D eigenvalue weighted by molar-refractivity contribution is 0.841. The molecule has 0 bridgehead atoms. The highest BCUT2D eigenvalue weighted by Gasteiger charge is 2.30. The lowest BCUT2D eigenvalue weighted by Gasteiger charge is -2.35. The van der Waals surface area contributed by atoms with Gasteiger partial charge in [-0.3, -0.25) is 0 Å². The molecule has 0 saturated heterocycles. The summed E-state index contributed by atoms with van der Waals surface area (Å²) in [4.78, 5) is 4.04. The van der Waals surface area contributed by atoms with Gasteiger partial charge in [0.2, 0.25) is 0 Å². The van der Waals surface area contributed by atoms with Crippen molar-refractivity contribution in [1.82, 2.24) is 4.98 Å². The van der Waals surface area contributed by atoms with E-state index in [9.17, 15) is 0 Å². The molecule has 0 radical (unpaired) electrons. The van der Waals surface area contributed by atoms with Gasteiger partial charge >= 0.3 is 0 Å². The lowest BCUT2D eigenvalue weighted by Crippen LogP contribution is -2.55. The summed E-state index contributed by atoms with van der Waals surface area (Å²) in [6, 6.07) is 11.6. The highest BCUT2D eigenvalue weighted by Crippen LogP contribution is 2.21. The highest BCUT2D eigenvalue weighted by molar-refractivity contribution is 6.79. The van der Waals surface area contributed by atoms with Crippen molar-refractivity contribution in [2.75, 3.05) is 0 Å². The summed E-state index contributed by atoms with van der Waals surface area (Å²) in [5.74, 6) is 0. The molecule has 0 saturated carbocycles. The molecule has 1 nitrogen and oxygen atoms in total. The molecule has 1 unspecified atom stereocenters. The van der Waals surface area contributed by atoms with Gasteiger partial charge in [-0.1, -0.05) is 88.3 Å². The minimum Gasteiger partial charge on any atom is -0.338 e. The van der Waals surface area contributed by atoms with Crippen LogP contribution in [0.3, 0.4) is 0 Å². The van der Waals surface area contributed by atoms with E-state index in [2.05, 4.69) is 81.7 Å². The summed E-state index contributed by atoms with van der Waals surface area (Å²) in [5.41, 5.74) is 3.54. The minimum atomic E-state index is -1.25. The van der Waals surface area contributed by atoms with Crippen LogP contribution in [-0.4, -0.2) is 30.8 Å². The zero-order valence-electron chi connectivity index (χ0n) is 15.7. The van der Waals surface area contributed by atoms with Crippen molar-refractivity contribution in [3.8, 4) is 0 Å². The number of benzene rings is 1. The second-order valence-corrected chi connectivity index (χ2v) is 21.9. The van der Waals surface area contributed by atoms with Crippen molar-refractivity contribution in [3.63, 3.8) is 0 Å². The first kappa shape index (κ1) is 19.6. The largest absolute Gasteiger partial charge is 0.338 e. The zero-order valence-corrected chi connectivity index (χ0v) is 18.8. The smallest absolute Gasteiger partial charge is 0.116 e. The van der Waals surface area contributed by atoms with Crippen molar-refractivity contribution < 1.29 is 0 Å². The molecule has 1 atom stereocenters. The van der Waals surface area contributed by atoms with Crippen LogP contribution in [0.2, 0.25) is 51.9 Å². The summed E-state index contributed by atoms with van der Waals surface area (Å²) >= 11 is 0. The maximum absolute atomic E-state index is 4.04. The van der Waals surface area contributed by atoms with Crippen LogP contribution in [0.15, 0.2) is 30.8 Å². The molecule has 0 aliphatic rings. The maximum atomic E-state index is 4.04. The van der Waals surface area contributed by atoms with Crippen LogP contribution >= 0.6 is 0 Å². The van der Waals surface area contributed by atoms with E-state index < -0.39 is 25.1 Å². The Balaban J connectivity index is 2.80. The molecule has 1 aromatic rings. The fourth-order valence-electron chi connectivity index (χ4n) is 3.06. The molecule has 0 amide bonds. The molecule has 0 aliphatic heterocycles. The Bertz CT molecular complexity index is 489. The van der Waals surface area contributed by atoms with E-state index >= 15 is 0 Å². The van der Waals surface area contributed by atoms with Gasteiger partial charge in [0.15, 0.2) is 0 Å². The monoisotopic (exact) mass is 349 g/mol. The predicted octanol–water partition coefficient (Wildman–Crippen LogP) is 4.94. The normalized spacial score (nSPS) is 14.2. The Morgan fingerprint density at radius 3 is 2.32 bits per heavy atom. The van der Waals surface area contributed by atoms with Gasteiger partial charge in [-0.05, 0) is 23.3 Å². The van der Waals surface area contributed by atoms with Gasteiger partial charge in [-0.25, -0.2) is 0 Å². The van der Waals surface area contributed by atoms with Crippen molar-refractivity contribution in [2.24, 2.45) is 0 Å². The first-order valence-corrected chi connectivity index (χ1v) is 18.4. The topological polar surface area (TPSA) is 12.0 Å². The van der Waals surface area contributed by atoms with Crippen molar-refractivity contribution >= 4 is 31.2 Å². The molecule has 1 rings (SSSR count). The molecule has 1 aromatic carbocycles.